The van der Waals surface area contributed by atoms with Crippen LogP contribution < -0.4 is 0 Å². The average molecular weight is 526 g/mol. The summed E-state index contributed by atoms with van der Waals surface area (Å²) in [5.74, 6) is -1.09. The third-order valence-corrected chi connectivity index (χ3v) is 10.5. The Morgan fingerprint density at radius 2 is 1.91 bits per heavy atom. The van der Waals surface area contributed by atoms with Gasteiger partial charge in [0.25, 0.3) is 0 Å². The maximum Gasteiger partial charge on any atom is 0.309 e. The van der Waals surface area contributed by atoms with E-state index in [-0.39, 0.29) is 0 Å². The van der Waals surface area contributed by atoms with Crippen LogP contribution in [0.3, 0.4) is 0 Å². The van der Waals surface area contributed by atoms with Crippen LogP contribution in [0.15, 0.2) is 34.8 Å². The Morgan fingerprint density at radius 3 is 2.51 bits per heavy atom. The lowest BCUT2D eigenvalue weighted by atomic mass is 10.00. The summed E-state index contributed by atoms with van der Waals surface area (Å²) >= 11 is 1.53. The van der Waals surface area contributed by atoms with Crippen molar-refractivity contribution in [2.75, 3.05) is 0 Å². The van der Waals surface area contributed by atoms with E-state index in [0.717, 1.165) is 21.8 Å². The summed E-state index contributed by atoms with van der Waals surface area (Å²) in [6.07, 6.45) is 4.94. The van der Waals surface area contributed by atoms with E-state index in [1.165, 1.54) is 32.1 Å². The molecule has 1 aromatic heterocycles. The molecule has 2 rings (SSSR count). The van der Waals surface area contributed by atoms with E-state index in [0.29, 0.717) is 12.8 Å². The Kier molecular flexibility index (Phi) is 10.0. The highest BCUT2D eigenvalue weighted by molar-refractivity contribution is 7.93. The van der Waals surface area contributed by atoms with Gasteiger partial charge in [-0.15, -0.1) is 11.3 Å². The molecule has 0 spiro atoms. The van der Waals surface area contributed by atoms with Crippen LogP contribution in [0.25, 0.3) is 6.08 Å². The number of aliphatic hydroxyl groups is 2. The Morgan fingerprint density at radius 1 is 1.26 bits per heavy atom. The molecule has 0 fully saturated rings. The van der Waals surface area contributed by atoms with Gasteiger partial charge >= 0.3 is 5.97 Å². The fraction of sp³-hybridized carbons (Fsp3) is 0.615. The number of carbonyl (C=O) groups excluding carboxylic acids is 1. The number of aromatic nitrogens is 1. The molecule has 0 aromatic carbocycles. The van der Waals surface area contributed by atoms with Gasteiger partial charge in [0.2, 0.25) is 0 Å². The summed E-state index contributed by atoms with van der Waals surface area (Å²) < 4.78 is 30.7. The summed E-state index contributed by atoms with van der Waals surface area (Å²) in [6, 6.07) is 0. The minimum absolute atomic E-state index is 0.405. The number of esters is 1. The molecule has 0 bridgehead atoms. The smallest absolute Gasteiger partial charge is 0.309 e. The number of hydrogen-bond acceptors (Lipinski definition) is 8. The summed E-state index contributed by atoms with van der Waals surface area (Å²) in [6.45, 7) is 11.7. The first-order valence-corrected chi connectivity index (χ1v) is 14.3. The molecule has 0 aliphatic carbocycles. The summed E-state index contributed by atoms with van der Waals surface area (Å²) in [5, 5.41) is 23.3. The SMILES string of the molecule is CC1=CC[C@@H](C(C)=Cc2csc(C)n2)OC(=O)C[C@H](O)C(C)(C)S(=O)(=O)[C@H](C)[C@@H](O)[C@@H](C)C=CC1. The largest absolute Gasteiger partial charge is 0.457 e. The maximum absolute atomic E-state index is 13.3. The van der Waals surface area contributed by atoms with E-state index >= 15 is 0 Å². The van der Waals surface area contributed by atoms with Crippen molar-refractivity contribution in [1.82, 2.24) is 4.98 Å². The number of cyclic esters (lactones) is 1. The number of aliphatic hydroxyl groups excluding tert-OH is 2. The van der Waals surface area contributed by atoms with Gasteiger partial charge in [0, 0.05) is 17.7 Å². The quantitative estimate of drug-likeness (QED) is 0.435. The summed E-state index contributed by atoms with van der Waals surface area (Å²) in [4.78, 5) is 17.3. The van der Waals surface area contributed by atoms with E-state index in [2.05, 4.69) is 4.98 Å². The van der Waals surface area contributed by atoms with Gasteiger partial charge in [-0.25, -0.2) is 13.4 Å². The van der Waals surface area contributed by atoms with Crippen molar-refractivity contribution >= 4 is 33.2 Å². The highest BCUT2D eigenvalue weighted by Gasteiger charge is 2.47. The zero-order valence-electron chi connectivity index (χ0n) is 21.7. The van der Waals surface area contributed by atoms with Crippen molar-refractivity contribution in [1.29, 1.82) is 0 Å². The first-order valence-electron chi connectivity index (χ1n) is 11.9. The molecule has 7 nitrogen and oxygen atoms in total. The maximum atomic E-state index is 13.3. The van der Waals surface area contributed by atoms with Crippen molar-refractivity contribution in [3.8, 4) is 0 Å². The van der Waals surface area contributed by atoms with Gasteiger partial charge < -0.3 is 14.9 Å². The van der Waals surface area contributed by atoms with Crippen LogP contribution in [0.5, 0.6) is 0 Å². The molecule has 0 saturated heterocycles. The summed E-state index contributed by atoms with van der Waals surface area (Å²) in [7, 11) is -4.01. The molecular weight excluding hydrogens is 486 g/mol. The molecule has 5 atom stereocenters. The molecule has 2 N–H and O–H groups in total. The molecule has 0 radical (unpaired) electrons. The number of rotatable bonds is 2. The van der Waals surface area contributed by atoms with Crippen molar-refractivity contribution in [3.05, 3.63) is 45.5 Å². The monoisotopic (exact) mass is 525 g/mol. The Labute approximate surface area is 213 Å². The Balaban J connectivity index is 2.43. The van der Waals surface area contributed by atoms with Crippen LogP contribution in [0.1, 0.15) is 71.5 Å². The number of hydrogen-bond donors (Lipinski definition) is 2. The molecule has 9 heteroatoms. The summed E-state index contributed by atoms with van der Waals surface area (Å²) in [5.41, 5.74) is 2.64. The third-order valence-electron chi connectivity index (χ3n) is 6.76. The second-order valence-electron chi connectivity index (χ2n) is 10.00. The topological polar surface area (TPSA) is 114 Å². The minimum Gasteiger partial charge on any atom is -0.457 e. The van der Waals surface area contributed by atoms with Gasteiger partial charge in [0.1, 0.15) is 6.10 Å². The second-order valence-corrected chi connectivity index (χ2v) is 13.9. The Bertz CT molecular complexity index is 1080. The lowest BCUT2D eigenvalue weighted by molar-refractivity contribution is -0.149. The normalized spacial score (nSPS) is 31.0. The number of carbonyl (C=O) groups is 1. The first kappa shape index (κ1) is 29.4. The number of thiazole rings is 1. The highest BCUT2D eigenvalue weighted by atomic mass is 32.2. The van der Waals surface area contributed by atoms with Crippen LogP contribution in [0, 0.1) is 12.8 Å². The van der Waals surface area contributed by atoms with Crippen LogP contribution in [-0.2, 0) is 19.4 Å². The van der Waals surface area contributed by atoms with E-state index < -0.39 is 56.5 Å². The minimum atomic E-state index is -4.01. The lowest BCUT2D eigenvalue weighted by Crippen LogP contribution is -2.52. The van der Waals surface area contributed by atoms with Crippen molar-refractivity contribution < 1.29 is 28.2 Å². The van der Waals surface area contributed by atoms with E-state index in [1.807, 2.05) is 50.5 Å². The molecule has 1 aliphatic heterocycles. The number of aryl methyl sites for hydroxylation is 1. The van der Waals surface area contributed by atoms with E-state index in [9.17, 15) is 23.4 Å². The molecule has 196 valence electrons. The molecule has 0 unspecified atom stereocenters. The van der Waals surface area contributed by atoms with Crippen molar-refractivity contribution in [2.24, 2.45) is 5.92 Å². The molecular formula is C26H39NO6S2. The molecule has 35 heavy (non-hydrogen) atoms. The van der Waals surface area contributed by atoms with Crippen molar-refractivity contribution in [3.63, 3.8) is 0 Å². The lowest BCUT2D eigenvalue weighted by Gasteiger charge is -2.35. The van der Waals surface area contributed by atoms with Crippen LogP contribution in [0.2, 0.25) is 0 Å². The molecule has 2 heterocycles. The van der Waals surface area contributed by atoms with Gasteiger partial charge in [0.15, 0.2) is 9.84 Å². The van der Waals surface area contributed by atoms with Gasteiger partial charge in [0.05, 0.1) is 39.3 Å². The predicted octanol–water partition coefficient (Wildman–Crippen LogP) is 4.39. The van der Waals surface area contributed by atoms with Crippen molar-refractivity contribution in [2.45, 2.75) is 96.0 Å². The third kappa shape index (κ3) is 7.35. The zero-order chi connectivity index (χ0) is 26.6. The first-order chi connectivity index (χ1) is 16.2. The standard InChI is InChI=1S/C26H39NO6S2/c1-16-9-8-10-17(2)25(30)19(4)35(31,32)26(6,7)23(28)14-24(29)33-22(12-11-16)18(3)13-21-15-34-20(5)27-21/h8,10-11,13,15,17,19,22-23,25,28,30H,9,12,14H2,1-7H3/t17-,19+,22-,23-,25-/m0/s1. The van der Waals surface area contributed by atoms with Crippen LogP contribution in [0.4, 0.5) is 0 Å². The van der Waals surface area contributed by atoms with E-state index in [4.69, 9.17) is 4.74 Å². The molecule has 0 amide bonds. The molecule has 1 aliphatic rings. The fourth-order valence-corrected chi connectivity index (χ4v) is 6.57. The van der Waals surface area contributed by atoms with E-state index in [1.54, 1.807) is 6.92 Å². The van der Waals surface area contributed by atoms with Gasteiger partial charge in [-0.05, 0) is 59.6 Å². The highest BCUT2D eigenvalue weighted by Crippen LogP contribution is 2.31. The van der Waals surface area contributed by atoms with Crippen LogP contribution >= 0.6 is 11.3 Å². The van der Waals surface area contributed by atoms with Gasteiger partial charge in [-0.1, -0.05) is 30.7 Å². The van der Waals surface area contributed by atoms with Gasteiger partial charge in [-0.2, -0.15) is 0 Å². The average Bonchev–Trinajstić information content (AvgIpc) is 3.18. The number of sulfone groups is 1. The van der Waals surface area contributed by atoms with Crippen LogP contribution in [-0.4, -0.2) is 57.9 Å². The molecule has 1 aromatic rings. The fourth-order valence-electron chi connectivity index (χ4n) is 3.96. The number of ether oxygens (including phenoxy) is 1. The zero-order valence-corrected chi connectivity index (χ0v) is 23.3. The van der Waals surface area contributed by atoms with Gasteiger partial charge in [-0.3, -0.25) is 4.79 Å². The number of nitrogens with zero attached hydrogens (tertiary/aromatic N) is 1. The predicted molar refractivity (Wildman–Crippen MR) is 141 cm³/mol. The molecule has 0 saturated carbocycles. The number of allylic oxidation sites excluding steroid dienone is 2. The Hall–Kier alpha value is -1.81. The second kappa shape index (κ2) is 12.0.